The van der Waals surface area contributed by atoms with Crippen molar-refractivity contribution in [3.05, 3.63) is 0 Å². The first-order chi connectivity index (χ1) is 6.88. The number of hydrogen-bond donors (Lipinski definition) is 1. The van der Waals surface area contributed by atoms with Crippen LogP contribution in [0.5, 0.6) is 0 Å². The van der Waals surface area contributed by atoms with Crippen LogP contribution in [-0.4, -0.2) is 30.6 Å². The Morgan fingerprint density at radius 1 is 1.00 bits per heavy atom. The fraction of sp³-hybridized carbons (Fsp3) is 1.00. The van der Waals surface area contributed by atoms with Crippen LogP contribution >= 0.6 is 0 Å². The summed E-state index contributed by atoms with van der Waals surface area (Å²) in [5.41, 5.74) is 5.78. The van der Waals surface area contributed by atoms with Gasteiger partial charge in [-0.1, -0.05) is 6.42 Å². The van der Waals surface area contributed by atoms with Gasteiger partial charge in [-0.2, -0.15) is 0 Å². The van der Waals surface area contributed by atoms with Crippen molar-refractivity contribution in [2.45, 2.75) is 38.1 Å². The summed E-state index contributed by atoms with van der Waals surface area (Å²) in [5.74, 6) is 2.93. The zero-order chi connectivity index (χ0) is 9.54. The molecule has 0 aromatic rings. The fourth-order valence-electron chi connectivity index (χ4n) is 3.85. The largest absolute Gasteiger partial charge is 0.330 e. The molecule has 0 spiro atoms. The molecule has 80 valence electrons. The molecule has 4 unspecified atom stereocenters. The molecule has 2 aliphatic carbocycles. The van der Waals surface area contributed by atoms with Crippen LogP contribution < -0.4 is 5.73 Å². The van der Waals surface area contributed by atoms with Crippen LogP contribution in [0, 0.1) is 17.8 Å². The highest BCUT2D eigenvalue weighted by molar-refractivity contribution is 4.96. The van der Waals surface area contributed by atoms with Crippen molar-refractivity contribution < 1.29 is 0 Å². The highest BCUT2D eigenvalue weighted by Gasteiger charge is 2.43. The molecule has 0 amide bonds. The Bertz CT molecular complexity index is 202. The van der Waals surface area contributed by atoms with E-state index in [0.717, 1.165) is 30.3 Å². The van der Waals surface area contributed by atoms with E-state index >= 15 is 0 Å². The molecule has 3 rings (SSSR count). The number of hydrogen-bond acceptors (Lipinski definition) is 2. The maximum Gasteiger partial charge on any atom is 0.0136 e. The SMILES string of the molecule is NCC1CCC1N1CC2CCCC2C1. The second kappa shape index (κ2) is 3.49. The maximum atomic E-state index is 5.78. The Labute approximate surface area is 86.8 Å². The average Bonchev–Trinajstić information content (AvgIpc) is 2.62. The van der Waals surface area contributed by atoms with E-state index in [0.29, 0.717) is 0 Å². The molecular formula is C12H22N2. The number of likely N-dealkylation sites (tertiary alicyclic amines) is 1. The molecule has 14 heavy (non-hydrogen) atoms. The average molecular weight is 194 g/mol. The van der Waals surface area contributed by atoms with E-state index in [1.165, 1.54) is 45.2 Å². The van der Waals surface area contributed by atoms with E-state index in [9.17, 15) is 0 Å². The zero-order valence-electron chi connectivity index (χ0n) is 8.99. The predicted octanol–water partition coefficient (Wildman–Crippen LogP) is 1.46. The van der Waals surface area contributed by atoms with Crippen molar-refractivity contribution in [1.82, 2.24) is 4.90 Å². The molecule has 3 aliphatic rings. The van der Waals surface area contributed by atoms with Crippen LogP contribution in [0.1, 0.15) is 32.1 Å². The molecule has 0 bridgehead atoms. The van der Waals surface area contributed by atoms with Gasteiger partial charge in [-0.05, 0) is 50.0 Å². The van der Waals surface area contributed by atoms with Crippen molar-refractivity contribution in [3.63, 3.8) is 0 Å². The van der Waals surface area contributed by atoms with Crippen molar-refractivity contribution in [2.24, 2.45) is 23.5 Å². The third kappa shape index (κ3) is 1.31. The third-order valence-electron chi connectivity index (χ3n) is 4.90. The van der Waals surface area contributed by atoms with E-state index in [-0.39, 0.29) is 0 Å². The Balaban J connectivity index is 1.60. The van der Waals surface area contributed by atoms with Crippen LogP contribution in [-0.2, 0) is 0 Å². The number of fused-ring (bicyclic) bond motifs is 1. The standard InChI is InChI=1S/C12H22N2/c13-6-9-4-5-12(9)14-7-10-2-1-3-11(10)8-14/h9-12H,1-8,13H2. The number of nitrogens with zero attached hydrogens (tertiary/aromatic N) is 1. The quantitative estimate of drug-likeness (QED) is 0.721. The van der Waals surface area contributed by atoms with Gasteiger partial charge in [0.05, 0.1) is 0 Å². The summed E-state index contributed by atoms with van der Waals surface area (Å²) in [6.07, 6.45) is 7.30. The van der Waals surface area contributed by atoms with Crippen molar-refractivity contribution >= 4 is 0 Å². The smallest absolute Gasteiger partial charge is 0.0136 e. The van der Waals surface area contributed by atoms with Crippen LogP contribution in [0.4, 0.5) is 0 Å². The van der Waals surface area contributed by atoms with Gasteiger partial charge in [-0.15, -0.1) is 0 Å². The molecule has 3 fully saturated rings. The number of rotatable bonds is 2. The summed E-state index contributed by atoms with van der Waals surface area (Å²) in [6.45, 7) is 3.70. The highest BCUT2D eigenvalue weighted by Crippen LogP contribution is 2.42. The molecule has 1 heterocycles. The van der Waals surface area contributed by atoms with Gasteiger partial charge in [0.25, 0.3) is 0 Å². The second-order valence-corrected chi connectivity index (χ2v) is 5.55. The van der Waals surface area contributed by atoms with Crippen LogP contribution in [0.25, 0.3) is 0 Å². The van der Waals surface area contributed by atoms with Crippen LogP contribution in [0.3, 0.4) is 0 Å². The van der Waals surface area contributed by atoms with Crippen LogP contribution in [0.15, 0.2) is 0 Å². The van der Waals surface area contributed by atoms with Crippen molar-refractivity contribution in [2.75, 3.05) is 19.6 Å². The summed E-state index contributed by atoms with van der Waals surface area (Å²) in [4.78, 5) is 2.76. The van der Waals surface area contributed by atoms with E-state index in [2.05, 4.69) is 4.90 Å². The minimum Gasteiger partial charge on any atom is -0.330 e. The molecule has 0 aromatic carbocycles. The molecule has 2 N–H and O–H groups in total. The predicted molar refractivity (Wildman–Crippen MR) is 58.0 cm³/mol. The molecule has 2 nitrogen and oxygen atoms in total. The van der Waals surface area contributed by atoms with Gasteiger partial charge in [0.2, 0.25) is 0 Å². The normalized spacial score (nSPS) is 47.8. The lowest BCUT2D eigenvalue weighted by Crippen LogP contribution is -2.49. The first-order valence-electron chi connectivity index (χ1n) is 6.32. The summed E-state index contributed by atoms with van der Waals surface area (Å²) >= 11 is 0. The van der Waals surface area contributed by atoms with Gasteiger partial charge < -0.3 is 5.73 Å². The lowest BCUT2D eigenvalue weighted by Gasteiger charge is -2.42. The lowest BCUT2D eigenvalue weighted by atomic mass is 9.78. The maximum absolute atomic E-state index is 5.78. The van der Waals surface area contributed by atoms with Gasteiger partial charge in [-0.25, -0.2) is 0 Å². The molecule has 1 saturated heterocycles. The van der Waals surface area contributed by atoms with Gasteiger partial charge in [0.1, 0.15) is 0 Å². The second-order valence-electron chi connectivity index (χ2n) is 5.55. The fourth-order valence-corrected chi connectivity index (χ4v) is 3.85. The molecule has 0 aromatic heterocycles. The molecular weight excluding hydrogens is 172 g/mol. The molecule has 1 aliphatic heterocycles. The van der Waals surface area contributed by atoms with Crippen molar-refractivity contribution in [1.29, 1.82) is 0 Å². The first-order valence-corrected chi connectivity index (χ1v) is 6.32. The van der Waals surface area contributed by atoms with Gasteiger partial charge >= 0.3 is 0 Å². The third-order valence-corrected chi connectivity index (χ3v) is 4.90. The Morgan fingerprint density at radius 3 is 2.21 bits per heavy atom. The summed E-state index contributed by atoms with van der Waals surface area (Å²) < 4.78 is 0. The molecule has 4 atom stereocenters. The van der Waals surface area contributed by atoms with E-state index in [4.69, 9.17) is 5.73 Å². The van der Waals surface area contributed by atoms with Gasteiger partial charge in [0, 0.05) is 19.1 Å². The van der Waals surface area contributed by atoms with Crippen molar-refractivity contribution in [3.8, 4) is 0 Å². The Hall–Kier alpha value is -0.0800. The molecule has 2 heteroatoms. The van der Waals surface area contributed by atoms with E-state index in [1.807, 2.05) is 0 Å². The zero-order valence-corrected chi connectivity index (χ0v) is 8.99. The topological polar surface area (TPSA) is 29.3 Å². The summed E-state index contributed by atoms with van der Waals surface area (Å²) in [5, 5.41) is 0. The van der Waals surface area contributed by atoms with E-state index in [1.54, 1.807) is 0 Å². The van der Waals surface area contributed by atoms with Gasteiger partial charge in [0.15, 0.2) is 0 Å². The Morgan fingerprint density at radius 2 is 1.71 bits per heavy atom. The minimum absolute atomic E-state index is 0.828. The van der Waals surface area contributed by atoms with Gasteiger partial charge in [-0.3, -0.25) is 4.90 Å². The van der Waals surface area contributed by atoms with Crippen LogP contribution in [0.2, 0.25) is 0 Å². The number of nitrogens with two attached hydrogens (primary N) is 1. The summed E-state index contributed by atoms with van der Waals surface area (Å²) in [7, 11) is 0. The van der Waals surface area contributed by atoms with E-state index < -0.39 is 0 Å². The highest BCUT2D eigenvalue weighted by atomic mass is 15.2. The first kappa shape index (κ1) is 9.17. The monoisotopic (exact) mass is 194 g/mol. The Kier molecular flexibility index (Phi) is 2.29. The molecule has 2 saturated carbocycles. The summed E-state index contributed by atoms with van der Waals surface area (Å²) in [6, 6.07) is 0.866. The lowest BCUT2D eigenvalue weighted by molar-refractivity contribution is 0.0808. The minimum atomic E-state index is 0.828. The molecule has 0 radical (unpaired) electrons.